The third-order valence-corrected chi connectivity index (χ3v) is 7.25. The maximum absolute atomic E-state index is 13.4. The molecule has 1 aromatic heterocycles. The predicted octanol–water partition coefficient (Wildman–Crippen LogP) is 5.59. The van der Waals surface area contributed by atoms with Crippen molar-refractivity contribution in [2.24, 2.45) is 0 Å². The lowest BCUT2D eigenvalue weighted by atomic mass is 10.2. The van der Waals surface area contributed by atoms with Crippen LogP contribution in [-0.4, -0.2) is 31.5 Å². The number of carbonyl (C=O) groups is 1. The molecule has 3 aromatic carbocycles. The smallest absolute Gasteiger partial charge is 0.242 e. The Morgan fingerprint density at radius 2 is 1.56 bits per heavy atom. The Balaban J connectivity index is 1.41. The second-order valence-corrected chi connectivity index (χ2v) is 9.18. The van der Waals surface area contributed by atoms with Crippen molar-refractivity contribution >= 4 is 40.8 Å². The molecule has 1 aliphatic rings. The first kappa shape index (κ1) is 20.7. The highest BCUT2D eigenvalue weighted by Crippen LogP contribution is 2.48. The third kappa shape index (κ3) is 3.76. The summed E-state index contributed by atoms with van der Waals surface area (Å²) in [5.41, 5.74) is 2.68. The number of thioether (sulfide) groups is 1. The van der Waals surface area contributed by atoms with Gasteiger partial charge in [0, 0.05) is 21.9 Å². The standard InChI is InChI=1S/C24H20N4O2S2/c1-2-27-23(16-11-13-17(29)14-12-16)25-26-24(27)31-15-22(30)28-18-7-3-5-9-20(18)32-21-10-6-4-8-19(21)28/h3-14,29H,2,15H2,1H3. The van der Waals surface area contributed by atoms with E-state index in [9.17, 15) is 9.90 Å². The average Bonchev–Trinajstić information content (AvgIpc) is 3.24. The van der Waals surface area contributed by atoms with E-state index in [1.54, 1.807) is 23.9 Å². The fourth-order valence-electron chi connectivity index (χ4n) is 3.67. The Labute approximate surface area is 194 Å². The van der Waals surface area contributed by atoms with Crippen LogP contribution in [-0.2, 0) is 11.3 Å². The van der Waals surface area contributed by atoms with Crippen molar-refractivity contribution in [1.29, 1.82) is 0 Å². The molecule has 1 N–H and O–H groups in total. The second-order valence-electron chi connectivity index (χ2n) is 7.15. The van der Waals surface area contributed by atoms with Crippen LogP contribution in [0.25, 0.3) is 11.4 Å². The topological polar surface area (TPSA) is 71.2 Å². The van der Waals surface area contributed by atoms with Crippen LogP contribution in [0.1, 0.15) is 6.92 Å². The summed E-state index contributed by atoms with van der Waals surface area (Å²) in [7, 11) is 0. The van der Waals surface area contributed by atoms with E-state index in [-0.39, 0.29) is 17.4 Å². The number of nitrogens with zero attached hydrogens (tertiary/aromatic N) is 4. The monoisotopic (exact) mass is 460 g/mol. The molecule has 0 fully saturated rings. The molecular formula is C24H20N4O2S2. The van der Waals surface area contributed by atoms with Gasteiger partial charge in [-0.1, -0.05) is 47.8 Å². The van der Waals surface area contributed by atoms with Gasteiger partial charge >= 0.3 is 0 Å². The molecule has 5 rings (SSSR count). The molecule has 0 saturated heterocycles. The minimum atomic E-state index is -0.00737. The van der Waals surface area contributed by atoms with Gasteiger partial charge in [-0.25, -0.2) is 0 Å². The molecule has 0 atom stereocenters. The van der Waals surface area contributed by atoms with Gasteiger partial charge in [-0.3, -0.25) is 9.69 Å². The molecule has 0 spiro atoms. The number of aromatic hydroxyl groups is 1. The van der Waals surface area contributed by atoms with E-state index in [0.29, 0.717) is 17.5 Å². The molecule has 0 radical (unpaired) electrons. The molecule has 32 heavy (non-hydrogen) atoms. The molecule has 1 amide bonds. The normalized spacial score (nSPS) is 12.3. The molecule has 8 heteroatoms. The number of aromatic nitrogens is 3. The molecule has 4 aromatic rings. The Hall–Kier alpha value is -3.23. The third-order valence-electron chi connectivity index (χ3n) is 5.16. The van der Waals surface area contributed by atoms with Crippen molar-refractivity contribution in [3.8, 4) is 17.1 Å². The van der Waals surface area contributed by atoms with Gasteiger partial charge in [0.05, 0.1) is 17.1 Å². The van der Waals surface area contributed by atoms with Crippen LogP contribution >= 0.6 is 23.5 Å². The number of amides is 1. The Morgan fingerprint density at radius 3 is 2.19 bits per heavy atom. The maximum Gasteiger partial charge on any atom is 0.242 e. The van der Waals surface area contributed by atoms with Gasteiger partial charge in [0.25, 0.3) is 0 Å². The molecular weight excluding hydrogens is 440 g/mol. The lowest BCUT2D eigenvalue weighted by molar-refractivity contribution is -0.115. The summed E-state index contributed by atoms with van der Waals surface area (Å²) in [6, 6.07) is 22.8. The van der Waals surface area contributed by atoms with Gasteiger partial charge in [0.1, 0.15) is 5.75 Å². The maximum atomic E-state index is 13.4. The van der Waals surface area contributed by atoms with Crippen molar-refractivity contribution in [2.75, 3.05) is 10.7 Å². The Kier molecular flexibility index (Phi) is 5.63. The SMILES string of the molecule is CCn1c(SCC(=O)N2c3ccccc3Sc3ccccc32)nnc1-c1ccc(O)cc1. The van der Waals surface area contributed by atoms with E-state index in [0.717, 1.165) is 26.7 Å². The van der Waals surface area contributed by atoms with E-state index in [1.165, 1.54) is 11.8 Å². The number of hydrogen-bond acceptors (Lipinski definition) is 6. The summed E-state index contributed by atoms with van der Waals surface area (Å²) in [5, 5.41) is 18.9. The molecule has 1 aliphatic heterocycles. The van der Waals surface area contributed by atoms with E-state index < -0.39 is 0 Å². The fraction of sp³-hybridized carbons (Fsp3) is 0.125. The van der Waals surface area contributed by atoms with Gasteiger partial charge in [-0.15, -0.1) is 10.2 Å². The highest BCUT2D eigenvalue weighted by Gasteiger charge is 2.28. The summed E-state index contributed by atoms with van der Waals surface area (Å²) >= 11 is 3.06. The molecule has 0 aliphatic carbocycles. The summed E-state index contributed by atoms with van der Waals surface area (Å²) in [6.45, 7) is 2.69. The minimum Gasteiger partial charge on any atom is -0.508 e. The van der Waals surface area contributed by atoms with Crippen molar-refractivity contribution in [1.82, 2.24) is 14.8 Å². The highest BCUT2D eigenvalue weighted by molar-refractivity contribution is 8.00. The Bertz CT molecular complexity index is 1240. The lowest BCUT2D eigenvalue weighted by Gasteiger charge is -2.30. The number of anilines is 2. The number of fused-ring (bicyclic) bond motifs is 2. The van der Waals surface area contributed by atoms with Crippen LogP contribution in [0.4, 0.5) is 11.4 Å². The van der Waals surface area contributed by atoms with E-state index in [4.69, 9.17) is 0 Å². The first-order chi connectivity index (χ1) is 15.7. The van der Waals surface area contributed by atoms with Gasteiger partial charge in [0.2, 0.25) is 5.91 Å². The van der Waals surface area contributed by atoms with Crippen LogP contribution in [0, 0.1) is 0 Å². The first-order valence-electron chi connectivity index (χ1n) is 10.2. The van der Waals surface area contributed by atoms with Crippen LogP contribution in [0.15, 0.2) is 87.7 Å². The van der Waals surface area contributed by atoms with Gasteiger partial charge in [-0.05, 0) is 55.5 Å². The van der Waals surface area contributed by atoms with Gasteiger partial charge in [0.15, 0.2) is 11.0 Å². The second kappa shape index (κ2) is 8.72. The predicted molar refractivity (Wildman–Crippen MR) is 128 cm³/mol. The number of phenols is 1. The fourth-order valence-corrected chi connectivity index (χ4v) is 5.58. The quantitative estimate of drug-likeness (QED) is 0.391. The zero-order valence-corrected chi connectivity index (χ0v) is 18.9. The molecule has 0 unspecified atom stereocenters. The summed E-state index contributed by atoms with van der Waals surface area (Å²) < 4.78 is 1.98. The Morgan fingerprint density at radius 1 is 0.938 bits per heavy atom. The minimum absolute atomic E-state index is 0.00737. The van der Waals surface area contributed by atoms with Gasteiger partial charge < -0.3 is 9.67 Å². The molecule has 2 heterocycles. The zero-order valence-electron chi connectivity index (χ0n) is 17.3. The molecule has 6 nitrogen and oxygen atoms in total. The van der Waals surface area contributed by atoms with E-state index >= 15 is 0 Å². The van der Waals surface area contributed by atoms with Crippen LogP contribution in [0.3, 0.4) is 0 Å². The molecule has 160 valence electrons. The van der Waals surface area contributed by atoms with E-state index in [1.807, 2.05) is 77.1 Å². The van der Waals surface area contributed by atoms with Crippen molar-refractivity contribution < 1.29 is 9.90 Å². The number of carbonyl (C=O) groups excluding carboxylic acids is 1. The summed E-state index contributed by atoms with van der Waals surface area (Å²) in [6.07, 6.45) is 0. The molecule has 0 bridgehead atoms. The van der Waals surface area contributed by atoms with E-state index in [2.05, 4.69) is 10.2 Å². The van der Waals surface area contributed by atoms with Gasteiger partial charge in [-0.2, -0.15) is 0 Å². The molecule has 0 saturated carbocycles. The number of rotatable bonds is 5. The van der Waals surface area contributed by atoms with Crippen LogP contribution in [0.2, 0.25) is 0 Å². The summed E-state index contributed by atoms with van der Waals surface area (Å²) in [5.74, 6) is 1.15. The first-order valence-corrected chi connectivity index (χ1v) is 12.0. The summed E-state index contributed by atoms with van der Waals surface area (Å²) in [4.78, 5) is 17.4. The number of phenolic OH excluding ortho intramolecular Hbond substituents is 1. The van der Waals surface area contributed by atoms with Crippen molar-refractivity contribution in [3.05, 3.63) is 72.8 Å². The largest absolute Gasteiger partial charge is 0.508 e. The van der Waals surface area contributed by atoms with Crippen LogP contribution in [0.5, 0.6) is 5.75 Å². The highest BCUT2D eigenvalue weighted by atomic mass is 32.2. The average molecular weight is 461 g/mol. The number of hydrogen-bond donors (Lipinski definition) is 1. The zero-order chi connectivity index (χ0) is 22.1. The lowest BCUT2D eigenvalue weighted by Crippen LogP contribution is -2.30. The van der Waals surface area contributed by atoms with Crippen molar-refractivity contribution in [3.63, 3.8) is 0 Å². The number of benzene rings is 3. The van der Waals surface area contributed by atoms with Crippen molar-refractivity contribution in [2.45, 2.75) is 28.4 Å². The number of para-hydroxylation sites is 2. The van der Waals surface area contributed by atoms with Crippen LogP contribution < -0.4 is 4.90 Å².